The Bertz CT molecular complexity index is 573. The molecule has 1 saturated carbocycles. The molecule has 0 radical (unpaired) electrons. The van der Waals surface area contributed by atoms with Gasteiger partial charge in [-0.3, -0.25) is 4.57 Å². The third-order valence-electron chi connectivity index (χ3n) is 3.62. The topological polar surface area (TPSA) is 68.0 Å². The van der Waals surface area contributed by atoms with Gasteiger partial charge in [-0.1, -0.05) is 30.3 Å². The summed E-state index contributed by atoms with van der Waals surface area (Å²) in [5.41, 5.74) is 0.0387. The van der Waals surface area contributed by atoms with Gasteiger partial charge in [-0.2, -0.15) is 0 Å². The zero-order valence-electron chi connectivity index (χ0n) is 9.78. The van der Waals surface area contributed by atoms with Crippen LogP contribution in [0.25, 0.3) is 11.4 Å². The average Bonchev–Trinajstić information content (AvgIpc) is 2.77. The van der Waals surface area contributed by atoms with E-state index in [0.29, 0.717) is 18.7 Å². The predicted octanol–water partition coefficient (Wildman–Crippen LogP) is 1.91. The molecule has 2 aromatic rings. The van der Waals surface area contributed by atoms with E-state index in [1.165, 1.54) is 6.33 Å². The second-order valence-corrected chi connectivity index (χ2v) is 4.58. The van der Waals surface area contributed by atoms with E-state index in [-0.39, 0.29) is 0 Å². The molecule has 5 nitrogen and oxygen atoms in total. The smallest absolute Gasteiger partial charge is 0.329 e. The largest absolute Gasteiger partial charge is 0.479 e. The minimum absolute atomic E-state index is 0.623. The number of nitrogens with zero attached hydrogens (tertiary/aromatic N) is 3. The van der Waals surface area contributed by atoms with Crippen molar-refractivity contribution < 1.29 is 9.90 Å². The summed E-state index contributed by atoms with van der Waals surface area (Å²) in [6.07, 6.45) is 3.73. The lowest BCUT2D eigenvalue weighted by molar-refractivity contribution is -0.152. The minimum Gasteiger partial charge on any atom is -0.479 e. The molecule has 0 spiro atoms. The molecule has 1 N–H and O–H groups in total. The summed E-state index contributed by atoms with van der Waals surface area (Å²) in [6.45, 7) is 0. The van der Waals surface area contributed by atoms with E-state index < -0.39 is 11.5 Å². The maximum atomic E-state index is 11.5. The molecule has 0 atom stereocenters. The first-order valence-corrected chi connectivity index (χ1v) is 5.93. The van der Waals surface area contributed by atoms with Crippen molar-refractivity contribution in [1.29, 1.82) is 0 Å². The van der Waals surface area contributed by atoms with E-state index in [1.807, 2.05) is 30.3 Å². The van der Waals surface area contributed by atoms with Crippen molar-refractivity contribution >= 4 is 5.97 Å². The summed E-state index contributed by atoms with van der Waals surface area (Å²) in [5.74, 6) is -0.177. The van der Waals surface area contributed by atoms with Crippen molar-refractivity contribution in [3.8, 4) is 11.4 Å². The predicted molar refractivity (Wildman–Crippen MR) is 64.9 cm³/mol. The normalized spacial score (nSPS) is 17.1. The fourth-order valence-electron chi connectivity index (χ4n) is 2.40. The molecule has 0 aliphatic heterocycles. The molecule has 1 aromatic heterocycles. The lowest BCUT2D eigenvalue weighted by Gasteiger charge is -2.39. The molecule has 5 heteroatoms. The maximum Gasteiger partial charge on any atom is 0.329 e. The van der Waals surface area contributed by atoms with Crippen LogP contribution in [0.1, 0.15) is 19.3 Å². The van der Waals surface area contributed by atoms with E-state index in [0.717, 1.165) is 12.0 Å². The summed E-state index contributed by atoms with van der Waals surface area (Å²) >= 11 is 0. The molecule has 1 aromatic carbocycles. The minimum atomic E-state index is -0.853. The molecule has 0 bridgehead atoms. The molecule has 1 aliphatic carbocycles. The summed E-state index contributed by atoms with van der Waals surface area (Å²) in [5, 5.41) is 17.4. The number of carboxylic acids is 1. The molecular weight excluding hydrogens is 230 g/mol. The molecule has 92 valence electrons. The highest BCUT2D eigenvalue weighted by Gasteiger charge is 2.47. The van der Waals surface area contributed by atoms with Gasteiger partial charge >= 0.3 is 5.97 Å². The van der Waals surface area contributed by atoms with Gasteiger partial charge < -0.3 is 5.11 Å². The van der Waals surface area contributed by atoms with Crippen LogP contribution in [0.3, 0.4) is 0 Å². The monoisotopic (exact) mass is 243 g/mol. The number of rotatable bonds is 3. The molecule has 1 heterocycles. The average molecular weight is 243 g/mol. The van der Waals surface area contributed by atoms with Crippen LogP contribution >= 0.6 is 0 Å². The molecule has 0 saturated heterocycles. The standard InChI is InChI=1S/C13H13N3O2/c17-12(18)13(7-4-8-13)16-9-14-15-11(16)10-5-2-1-3-6-10/h1-3,5-6,9H,4,7-8H2,(H,17,18). The summed E-state index contributed by atoms with van der Waals surface area (Å²) in [7, 11) is 0. The van der Waals surface area contributed by atoms with Crippen LogP contribution in [0.2, 0.25) is 0 Å². The zero-order chi connectivity index (χ0) is 12.6. The van der Waals surface area contributed by atoms with E-state index in [2.05, 4.69) is 10.2 Å². The Labute approximate surface area is 104 Å². The van der Waals surface area contributed by atoms with Crippen molar-refractivity contribution in [1.82, 2.24) is 14.8 Å². The summed E-state index contributed by atoms with van der Waals surface area (Å²) in [6, 6.07) is 9.55. The Morgan fingerprint density at radius 1 is 1.28 bits per heavy atom. The Morgan fingerprint density at radius 2 is 2.00 bits per heavy atom. The van der Waals surface area contributed by atoms with Gasteiger partial charge in [0.05, 0.1) is 0 Å². The fourth-order valence-corrected chi connectivity index (χ4v) is 2.40. The van der Waals surface area contributed by atoms with E-state index in [9.17, 15) is 9.90 Å². The Balaban J connectivity index is 2.10. The zero-order valence-corrected chi connectivity index (χ0v) is 9.78. The summed E-state index contributed by atoms with van der Waals surface area (Å²) < 4.78 is 1.70. The van der Waals surface area contributed by atoms with Crippen LogP contribution in [-0.2, 0) is 10.3 Å². The van der Waals surface area contributed by atoms with Gasteiger partial charge in [0.2, 0.25) is 0 Å². The van der Waals surface area contributed by atoms with Gasteiger partial charge in [-0.15, -0.1) is 10.2 Å². The summed E-state index contributed by atoms with van der Waals surface area (Å²) in [4.78, 5) is 11.5. The van der Waals surface area contributed by atoms with Crippen LogP contribution in [-0.4, -0.2) is 25.8 Å². The van der Waals surface area contributed by atoms with Gasteiger partial charge in [-0.05, 0) is 19.3 Å². The van der Waals surface area contributed by atoms with Gasteiger partial charge in [0.15, 0.2) is 5.82 Å². The third-order valence-corrected chi connectivity index (χ3v) is 3.62. The number of hydrogen-bond donors (Lipinski definition) is 1. The van der Waals surface area contributed by atoms with Gasteiger partial charge in [0, 0.05) is 5.56 Å². The van der Waals surface area contributed by atoms with Crippen molar-refractivity contribution in [2.24, 2.45) is 0 Å². The van der Waals surface area contributed by atoms with Crippen molar-refractivity contribution in [3.05, 3.63) is 36.7 Å². The van der Waals surface area contributed by atoms with Crippen LogP contribution in [0.5, 0.6) is 0 Å². The number of aliphatic carboxylic acids is 1. The second-order valence-electron chi connectivity index (χ2n) is 4.58. The molecule has 18 heavy (non-hydrogen) atoms. The van der Waals surface area contributed by atoms with Gasteiger partial charge in [-0.25, -0.2) is 4.79 Å². The number of carbonyl (C=O) groups is 1. The lowest BCUT2D eigenvalue weighted by Crippen LogP contribution is -2.47. The number of aromatic nitrogens is 3. The van der Waals surface area contributed by atoms with E-state index >= 15 is 0 Å². The Morgan fingerprint density at radius 3 is 2.56 bits per heavy atom. The number of hydrogen-bond acceptors (Lipinski definition) is 3. The molecular formula is C13H13N3O2. The third kappa shape index (κ3) is 1.44. The quantitative estimate of drug-likeness (QED) is 0.894. The highest BCUT2D eigenvalue weighted by atomic mass is 16.4. The van der Waals surface area contributed by atoms with Crippen LogP contribution in [0.4, 0.5) is 0 Å². The first-order chi connectivity index (χ1) is 8.74. The highest BCUT2D eigenvalue weighted by Crippen LogP contribution is 2.41. The molecule has 0 unspecified atom stereocenters. The number of benzene rings is 1. The van der Waals surface area contributed by atoms with E-state index in [4.69, 9.17) is 0 Å². The molecule has 0 amide bonds. The Kier molecular flexibility index (Phi) is 2.40. The van der Waals surface area contributed by atoms with E-state index in [1.54, 1.807) is 4.57 Å². The second kappa shape index (κ2) is 3.94. The van der Waals surface area contributed by atoms with Gasteiger partial charge in [0.1, 0.15) is 11.9 Å². The molecule has 1 fully saturated rings. The molecule has 1 aliphatic rings. The number of carboxylic acid groups (broad SMARTS) is 1. The lowest BCUT2D eigenvalue weighted by atomic mass is 9.76. The van der Waals surface area contributed by atoms with Crippen LogP contribution in [0, 0.1) is 0 Å². The fraction of sp³-hybridized carbons (Fsp3) is 0.308. The van der Waals surface area contributed by atoms with Gasteiger partial charge in [0.25, 0.3) is 0 Å². The maximum absolute atomic E-state index is 11.5. The van der Waals surface area contributed by atoms with Crippen molar-refractivity contribution in [2.45, 2.75) is 24.8 Å². The highest BCUT2D eigenvalue weighted by molar-refractivity contribution is 5.79. The first-order valence-electron chi connectivity index (χ1n) is 5.93. The Hall–Kier alpha value is -2.17. The SMILES string of the molecule is O=C(O)C1(n2cnnc2-c2ccccc2)CCC1. The van der Waals surface area contributed by atoms with Crippen molar-refractivity contribution in [3.63, 3.8) is 0 Å². The van der Waals surface area contributed by atoms with Crippen LogP contribution in [0.15, 0.2) is 36.7 Å². The van der Waals surface area contributed by atoms with Crippen LogP contribution < -0.4 is 0 Å². The van der Waals surface area contributed by atoms with Crippen molar-refractivity contribution in [2.75, 3.05) is 0 Å². The molecule has 3 rings (SSSR count). The first kappa shape index (κ1) is 11.0.